The number of aliphatic hydroxyl groups is 1. The van der Waals surface area contributed by atoms with E-state index in [1.807, 2.05) is 68.5 Å². The van der Waals surface area contributed by atoms with Crippen molar-refractivity contribution in [2.75, 3.05) is 12.4 Å². The smallest absolute Gasteiger partial charge is 0.309 e. The Morgan fingerprint density at radius 3 is 2.49 bits per heavy atom. The highest BCUT2D eigenvalue weighted by Gasteiger charge is 2.23. The number of carbonyl (C=O) groups excluding carboxylic acids is 1. The standard InChI is InChI=1S/C33H34ClNO3S/c1-5-38-32(36)22(2)21-39-31(26-10-7-11-27(19-26)33(3,4)37)25-9-6-8-23(18-25)12-16-29-17-14-24-13-15-28(34)20-30(24)35-29/h6-20,22,31,37H,5,21H2,1-4H3. The van der Waals surface area contributed by atoms with Crippen LogP contribution in [0.15, 0.2) is 78.9 Å². The van der Waals surface area contributed by atoms with Crippen molar-refractivity contribution in [2.24, 2.45) is 5.92 Å². The van der Waals surface area contributed by atoms with Crippen molar-refractivity contribution in [1.29, 1.82) is 0 Å². The molecule has 0 aliphatic rings. The average Bonchev–Trinajstić information content (AvgIpc) is 2.91. The topological polar surface area (TPSA) is 59.4 Å². The lowest BCUT2D eigenvalue weighted by atomic mass is 9.94. The lowest BCUT2D eigenvalue weighted by molar-refractivity contribution is -0.146. The molecule has 3 aromatic carbocycles. The van der Waals surface area contributed by atoms with Crippen LogP contribution in [0.4, 0.5) is 0 Å². The molecule has 0 amide bonds. The summed E-state index contributed by atoms with van der Waals surface area (Å²) in [6.07, 6.45) is 4.05. The van der Waals surface area contributed by atoms with Gasteiger partial charge in [0.1, 0.15) is 0 Å². The lowest BCUT2D eigenvalue weighted by Gasteiger charge is -2.23. The summed E-state index contributed by atoms with van der Waals surface area (Å²) in [5, 5.41) is 12.3. The van der Waals surface area contributed by atoms with Gasteiger partial charge in [-0.3, -0.25) is 4.79 Å². The summed E-state index contributed by atoms with van der Waals surface area (Å²) in [6, 6.07) is 26.2. The monoisotopic (exact) mass is 559 g/mol. The van der Waals surface area contributed by atoms with Crippen LogP contribution >= 0.6 is 23.4 Å². The van der Waals surface area contributed by atoms with E-state index in [-0.39, 0.29) is 17.1 Å². The van der Waals surface area contributed by atoms with Crippen molar-refractivity contribution in [3.63, 3.8) is 0 Å². The van der Waals surface area contributed by atoms with E-state index in [1.54, 1.807) is 25.6 Å². The molecule has 0 fully saturated rings. The van der Waals surface area contributed by atoms with Crippen LogP contribution in [-0.2, 0) is 15.1 Å². The van der Waals surface area contributed by atoms with Crippen LogP contribution < -0.4 is 0 Å². The maximum Gasteiger partial charge on any atom is 0.309 e. The van der Waals surface area contributed by atoms with E-state index in [1.165, 1.54) is 0 Å². The molecule has 202 valence electrons. The number of ether oxygens (including phenoxy) is 1. The first-order chi connectivity index (χ1) is 18.6. The fourth-order valence-corrected chi connectivity index (χ4v) is 5.73. The molecule has 4 aromatic rings. The van der Waals surface area contributed by atoms with Gasteiger partial charge in [0.05, 0.1) is 34.6 Å². The number of thioether (sulfide) groups is 1. The van der Waals surface area contributed by atoms with Crippen molar-refractivity contribution in [3.05, 3.63) is 112 Å². The maximum absolute atomic E-state index is 12.3. The summed E-state index contributed by atoms with van der Waals surface area (Å²) in [5.74, 6) is 0.195. The third-order valence-electron chi connectivity index (χ3n) is 6.43. The summed E-state index contributed by atoms with van der Waals surface area (Å²) >= 11 is 7.86. The minimum Gasteiger partial charge on any atom is -0.466 e. The van der Waals surface area contributed by atoms with Gasteiger partial charge >= 0.3 is 5.97 Å². The number of aromatic nitrogens is 1. The van der Waals surface area contributed by atoms with E-state index in [2.05, 4.69) is 36.4 Å². The number of benzene rings is 3. The van der Waals surface area contributed by atoms with Crippen molar-refractivity contribution < 1.29 is 14.6 Å². The third-order valence-corrected chi connectivity index (χ3v) is 8.24. The maximum atomic E-state index is 12.3. The molecule has 4 rings (SSSR count). The minimum absolute atomic E-state index is 0.0292. The number of halogens is 1. The van der Waals surface area contributed by atoms with E-state index < -0.39 is 5.60 Å². The number of hydrogen-bond donors (Lipinski definition) is 1. The van der Waals surface area contributed by atoms with Crippen molar-refractivity contribution in [2.45, 2.75) is 38.5 Å². The summed E-state index contributed by atoms with van der Waals surface area (Å²) in [6.45, 7) is 7.68. The molecule has 6 heteroatoms. The van der Waals surface area contributed by atoms with Crippen LogP contribution in [0, 0.1) is 5.92 Å². The molecule has 1 aromatic heterocycles. The second-order valence-electron chi connectivity index (χ2n) is 10.1. The molecule has 1 heterocycles. The normalized spacial score (nSPS) is 13.5. The van der Waals surface area contributed by atoms with Crippen molar-refractivity contribution in [1.82, 2.24) is 4.98 Å². The van der Waals surface area contributed by atoms with Gasteiger partial charge in [-0.05, 0) is 67.3 Å². The largest absolute Gasteiger partial charge is 0.466 e. The van der Waals surface area contributed by atoms with Crippen LogP contribution in [0.5, 0.6) is 0 Å². The van der Waals surface area contributed by atoms with E-state index >= 15 is 0 Å². The number of carbonyl (C=O) groups is 1. The number of esters is 1. The molecule has 0 radical (unpaired) electrons. The van der Waals surface area contributed by atoms with E-state index in [4.69, 9.17) is 21.3 Å². The number of rotatable bonds is 10. The summed E-state index contributed by atoms with van der Waals surface area (Å²) < 4.78 is 5.23. The summed E-state index contributed by atoms with van der Waals surface area (Å²) in [7, 11) is 0. The first kappa shape index (κ1) is 28.9. The molecule has 0 bridgehead atoms. The molecule has 4 nitrogen and oxygen atoms in total. The predicted molar refractivity (Wildman–Crippen MR) is 164 cm³/mol. The zero-order chi connectivity index (χ0) is 28.0. The third kappa shape index (κ3) is 7.72. The van der Waals surface area contributed by atoms with Crippen LogP contribution in [0.2, 0.25) is 5.02 Å². The van der Waals surface area contributed by atoms with Crippen LogP contribution in [0.3, 0.4) is 0 Å². The van der Waals surface area contributed by atoms with Gasteiger partial charge in [0.2, 0.25) is 0 Å². The molecular weight excluding hydrogens is 526 g/mol. The highest BCUT2D eigenvalue weighted by Crippen LogP contribution is 2.38. The van der Waals surface area contributed by atoms with Crippen molar-refractivity contribution >= 4 is 52.4 Å². The van der Waals surface area contributed by atoms with Gasteiger partial charge in [0, 0.05) is 16.2 Å². The van der Waals surface area contributed by atoms with Gasteiger partial charge in [-0.25, -0.2) is 4.98 Å². The molecule has 0 saturated carbocycles. The number of nitrogens with zero attached hydrogens (tertiary/aromatic N) is 1. The molecule has 0 saturated heterocycles. The lowest BCUT2D eigenvalue weighted by Crippen LogP contribution is -2.18. The Morgan fingerprint density at radius 1 is 1.03 bits per heavy atom. The van der Waals surface area contributed by atoms with E-state index in [9.17, 15) is 9.90 Å². The van der Waals surface area contributed by atoms with Gasteiger partial charge in [-0.2, -0.15) is 0 Å². The zero-order valence-corrected chi connectivity index (χ0v) is 24.3. The molecule has 2 atom stereocenters. The van der Waals surface area contributed by atoms with Gasteiger partial charge in [-0.15, -0.1) is 11.8 Å². The number of hydrogen-bond acceptors (Lipinski definition) is 5. The van der Waals surface area contributed by atoms with Crippen molar-refractivity contribution in [3.8, 4) is 0 Å². The Morgan fingerprint density at radius 2 is 1.74 bits per heavy atom. The second kappa shape index (κ2) is 12.8. The molecule has 39 heavy (non-hydrogen) atoms. The fraction of sp³-hybridized carbons (Fsp3) is 0.273. The molecule has 0 aliphatic carbocycles. The SMILES string of the molecule is CCOC(=O)C(C)CSC(c1cccc(C=Cc2ccc3ccc(Cl)cc3n2)c1)c1cccc(C(C)(C)O)c1. The first-order valence-electron chi connectivity index (χ1n) is 13.1. The number of pyridine rings is 1. The Bertz CT molecular complexity index is 1480. The molecule has 0 spiro atoms. The van der Waals surface area contributed by atoms with E-state index in [0.717, 1.165) is 38.9 Å². The average molecular weight is 560 g/mol. The Balaban J connectivity index is 1.64. The fourth-order valence-electron chi connectivity index (χ4n) is 4.27. The molecule has 1 N–H and O–H groups in total. The number of fused-ring (bicyclic) bond motifs is 1. The first-order valence-corrected chi connectivity index (χ1v) is 14.5. The van der Waals surface area contributed by atoms with Gasteiger partial charge in [-0.1, -0.05) is 85.3 Å². The predicted octanol–water partition coefficient (Wildman–Crippen LogP) is 8.31. The van der Waals surface area contributed by atoms with Crippen LogP contribution in [0.25, 0.3) is 23.1 Å². The van der Waals surface area contributed by atoms with E-state index in [0.29, 0.717) is 17.4 Å². The highest BCUT2D eigenvalue weighted by molar-refractivity contribution is 7.99. The minimum atomic E-state index is -0.953. The van der Waals surface area contributed by atoms with Crippen LogP contribution in [0.1, 0.15) is 60.9 Å². The van der Waals surface area contributed by atoms with Gasteiger partial charge < -0.3 is 9.84 Å². The second-order valence-corrected chi connectivity index (χ2v) is 11.7. The molecular formula is C33H34ClNO3S. The Hall–Kier alpha value is -3.12. The molecule has 0 aliphatic heterocycles. The highest BCUT2D eigenvalue weighted by atomic mass is 35.5. The van der Waals surface area contributed by atoms with Crippen LogP contribution in [-0.4, -0.2) is 28.4 Å². The zero-order valence-electron chi connectivity index (χ0n) is 22.7. The Labute approximate surface area is 240 Å². The molecule has 2 unspecified atom stereocenters. The summed E-state index contributed by atoms with van der Waals surface area (Å²) in [5.41, 5.74) is 4.84. The van der Waals surface area contributed by atoms with Gasteiger partial charge in [0.25, 0.3) is 0 Å². The summed E-state index contributed by atoms with van der Waals surface area (Å²) in [4.78, 5) is 17.0. The Kier molecular flexibility index (Phi) is 9.49. The quantitative estimate of drug-likeness (QED) is 0.198. The van der Waals surface area contributed by atoms with Gasteiger partial charge in [0.15, 0.2) is 0 Å².